The smallest absolute Gasteiger partial charge is 0.242 e. The van der Waals surface area contributed by atoms with Crippen LogP contribution >= 0.6 is 0 Å². The molecular formula is C30H47N5O2. The van der Waals surface area contributed by atoms with Gasteiger partial charge in [0.15, 0.2) is 0 Å². The fourth-order valence-corrected chi connectivity index (χ4v) is 4.86. The lowest BCUT2D eigenvalue weighted by Gasteiger charge is -2.32. The molecule has 1 aliphatic heterocycles. The summed E-state index contributed by atoms with van der Waals surface area (Å²) in [4.78, 5) is 25.2. The zero-order valence-electron chi connectivity index (χ0n) is 23.3. The molecule has 2 N–H and O–H groups in total. The Morgan fingerprint density at radius 1 is 1.11 bits per heavy atom. The summed E-state index contributed by atoms with van der Waals surface area (Å²) < 4.78 is 5.40. The second-order valence-corrected chi connectivity index (χ2v) is 10.5. The molecule has 0 radical (unpaired) electrons. The van der Waals surface area contributed by atoms with Crippen molar-refractivity contribution in [3.63, 3.8) is 0 Å². The highest BCUT2D eigenvalue weighted by Gasteiger charge is 2.24. The third kappa shape index (κ3) is 9.62. The van der Waals surface area contributed by atoms with Crippen molar-refractivity contribution in [1.82, 2.24) is 15.3 Å². The predicted molar refractivity (Wildman–Crippen MR) is 152 cm³/mol. The van der Waals surface area contributed by atoms with Gasteiger partial charge in [-0.25, -0.2) is 4.98 Å². The van der Waals surface area contributed by atoms with E-state index in [1.807, 2.05) is 13.0 Å². The number of nitrogens with zero attached hydrogens (tertiary/aromatic N) is 3. The number of carbonyl (C=O) groups excluding carboxylic acids is 1. The Morgan fingerprint density at radius 2 is 1.86 bits per heavy atom. The lowest BCUT2D eigenvalue weighted by molar-refractivity contribution is -0.122. The summed E-state index contributed by atoms with van der Waals surface area (Å²) in [5, 5.41) is 6.55. The van der Waals surface area contributed by atoms with Gasteiger partial charge in [0.1, 0.15) is 11.9 Å². The van der Waals surface area contributed by atoms with Gasteiger partial charge in [0.25, 0.3) is 0 Å². The summed E-state index contributed by atoms with van der Waals surface area (Å²) in [7, 11) is 0. The zero-order chi connectivity index (χ0) is 26.5. The average molecular weight is 510 g/mol. The number of aromatic nitrogens is 2. The van der Waals surface area contributed by atoms with E-state index in [2.05, 4.69) is 66.6 Å². The topological polar surface area (TPSA) is 79.4 Å². The normalized spacial score (nSPS) is 15.1. The Hall–Kier alpha value is -2.67. The Balaban J connectivity index is 1.71. The molecule has 0 spiro atoms. The molecular weight excluding hydrogens is 462 g/mol. The van der Waals surface area contributed by atoms with E-state index in [4.69, 9.17) is 14.7 Å². The zero-order valence-corrected chi connectivity index (χ0v) is 23.3. The lowest BCUT2D eigenvalue weighted by atomic mass is 9.90. The number of rotatable bonds is 15. The largest absolute Gasteiger partial charge is 0.382 e. The van der Waals surface area contributed by atoms with Gasteiger partial charge < -0.3 is 20.3 Å². The SMILES string of the molecule is CCCCc1cc(NC(CC(C)C)C(=O)NCCCOCC)nc(N2CCC(c3ccccc3)CC2)n1. The van der Waals surface area contributed by atoms with Crippen molar-refractivity contribution >= 4 is 17.7 Å². The van der Waals surface area contributed by atoms with Crippen molar-refractivity contribution in [2.75, 3.05) is 43.1 Å². The van der Waals surface area contributed by atoms with Crippen molar-refractivity contribution in [1.29, 1.82) is 0 Å². The van der Waals surface area contributed by atoms with Crippen LogP contribution < -0.4 is 15.5 Å². The van der Waals surface area contributed by atoms with Gasteiger partial charge in [0.05, 0.1) is 0 Å². The van der Waals surface area contributed by atoms with Crippen LogP contribution in [0.2, 0.25) is 0 Å². The highest BCUT2D eigenvalue weighted by Crippen LogP contribution is 2.30. The van der Waals surface area contributed by atoms with Crippen LogP contribution in [0.5, 0.6) is 0 Å². The minimum Gasteiger partial charge on any atom is -0.382 e. The van der Waals surface area contributed by atoms with Crippen LogP contribution in [0.3, 0.4) is 0 Å². The van der Waals surface area contributed by atoms with E-state index in [9.17, 15) is 4.79 Å². The number of hydrogen-bond donors (Lipinski definition) is 2. The first-order valence-electron chi connectivity index (χ1n) is 14.3. The van der Waals surface area contributed by atoms with Gasteiger partial charge in [-0.05, 0) is 62.8 Å². The molecule has 7 heteroatoms. The van der Waals surface area contributed by atoms with Gasteiger partial charge in [-0.3, -0.25) is 4.79 Å². The summed E-state index contributed by atoms with van der Waals surface area (Å²) in [6.45, 7) is 12.3. The van der Waals surface area contributed by atoms with E-state index in [0.29, 0.717) is 31.6 Å². The number of hydrogen-bond acceptors (Lipinski definition) is 6. The third-order valence-corrected chi connectivity index (χ3v) is 6.92. The van der Waals surface area contributed by atoms with E-state index < -0.39 is 0 Å². The highest BCUT2D eigenvalue weighted by molar-refractivity contribution is 5.84. The highest BCUT2D eigenvalue weighted by atomic mass is 16.5. The monoisotopic (exact) mass is 509 g/mol. The molecule has 2 heterocycles. The Morgan fingerprint density at radius 3 is 2.54 bits per heavy atom. The summed E-state index contributed by atoms with van der Waals surface area (Å²) >= 11 is 0. The Kier molecular flexibility index (Phi) is 12.1. The van der Waals surface area contributed by atoms with Crippen LogP contribution in [-0.2, 0) is 16.0 Å². The minimum absolute atomic E-state index is 0.0177. The van der Waals surface area contributed by atoms with Gasteiger partial charge in [0.2, 0.25) is 11.9 Å². The number of unbranched alkanes of at least 4 members (excludes halogenated alkanes) is 1. The van der Waals surface area contributed by atoms with Gasteiger partial charge >= 0.3 is 0 Å². The van der Waals surface area contributed by atoms with Gasteiger partial charge in [0, 0.05) is 44.6 Å². The van der Waals surface area contributed by atoms with Crippen LogP contribution in [-0.4, -0.2) is 54.8 Å². The van der Waals surface area contributed by atoms with E-state index in [-0.39, 0.29) is 11.9 Å². The van der Waals surface area contributed by atoms with E-state index in [1.54, 1.807) is 0 Å². The fraction of sp³-hybridized carbons (Fsp3) is 0.633. The second kappa shape index (κ2) is 15.6. The van der Waals surface area contributed by atoms with Gasteiger partial charge in [-0.2, -0.15) is 4.98 Å². The summed E-state index contributed by atoms with van der Waals surface area (Å²) in [5.74, 6) is 2.51. The second-order valence-electron chi connectivity index (χ2n) is 10.5. The first kappa shape index (κ1) is 28.9. The van der Waals surface area contributed by atoms with Crippen molar-refractivity contribution < 1.29 is 9.53 Å². The Labute approximate surface area is 223 Å². The molecule has 204 valence electrons. The quantitative estimate of drug-likeness (QED) is 0.306. The molecule has 1 fully saturated rings. The van der Waals surface area contributed by atoms with E-state index >= 15 is 0 Å². The molecule has 1 aliphatic rings. The standard InChI is InChI=1S/C30H47N5O2/c1-5-7-14-26-22-28(33-27(21-23(3)4)29(36)31-17-11-20-37-6-2)34-30(32-26)35-18-15-25(16-19-35)24-12-9-8-10-13-24/h8-10,12-13,22-23,25,27H,5-7,11,14-21H2,1-4H3,(H,31,36)(H,32,33,34). The number of piperidine rings is 1. The molecule has 2 aromatic rings. The number of benzene rings is 1. The van der Waals surface area contributed by atoms with Crippen molar-refractivity contribution in [3.8, 4) is 0 Å². The fourth-order valence-electron chi connectivity index (χ4n) is 4.86. The Bertz CT molecular complexity index is 929. The summed E-state index contributed by atoms with van der Waals surface area (Å²) in [6.07, 6.45) is 6.85. The maximum absolute atomic E-state index is 13.1. The van der Waals surface area contributed by atoms with Crippen molar-refractivity contribution in [3.05, 3.63) is 47.7 Å². The van der Waals surface area contributed by atoms with Crippen LogP contribution in [0.15, 0.2) is 36.4 Å². The molecule has 1 aromatic heterocycles. The molecule has 3 rings (SSSR count). The predicted octanol–water partition coefficient (Wildman–Crippen LogP) is 5.57. The maximum atomic E-state index is 13.1. The number of amides is 1. The van der Waals surface area contributed by atoms with E-state index in [0.717, 1.165) is 75.5 Å². The van der Waals surface area contributed by atoms with Gasteiger partial charge in [-0.1, -0.05) is 57.5 Å². The molecule has 0 bridgehead atoms. The molecule has 1 saturated heterocycles. The van der Waals surface area contributed by atoms with Gasteiger partial charge in [-0.15, -0.1) is 0 Å². The number of carbonyl (C=O) groups is 1. The van der Waals surface area contributed by atoms with Crippen LogP contribution in [0.1, 0.15) is 83.4 Å². The number of ether oxygens (including phenoxy) is 1. The van der Waals surface area contributed by atoms with E-state index in [1.165, 1.54) is 5.56 Å². The summed E-state index contributed by atoms with van der Waals surface area (Å²) in [6, 6.07) is 12.5. The molecule has 1 atom stereocenters. The third-order valence-electron chi connectivity index (χ3n) is 6.92. The van der Waals surface area contributed by atoms with Crippen molar-refractivity contribution in [2.45, 2.75) is 84.6 Å². The molecule has 1 unspecified atom stereocenters. The van der Waals surface area contributed by atoms with Crippen LogP contribution in [0.4, 0.5) is 11.8 Å². The number of aryl methyl sites for hydroxylation is 1. The molecule has 7 nitrogen and oxygen atoms in total. The molecule has 37 heavy (non-hydrogen) atoms. The molecule has 0 saturated carbocycles. The van der Waals surface area contributed by atoms with Crippen LogP contribution in [0, 0.1) is 5.92 Å². The lowest BCUT2D eigenvalue weighted by Crippen LogP contribution is -2.41. The molecule has 0 aliphatic carbocycles. The number of nitrogens with one attached hydrogen (secondary N) is 2. The molecule has 1 amide bonds. The van der Waals surface area contributed by atoms with Crippen LogP contribution in [0.25, 0.3) is 0 Å². The number of anilines is 2. The van der Waals surface area contributed by atoms with Crippen molar-refractivity contribution in [2.24, 2.45) is 5.92 Å². The summed E-state index contributed by atoms with van der Waals surface area (Å²) in [5.41, 5.74) is 2.46. The first-order chi connectivity index (χ1) is 18.0. The average Bonchev–Trinajstić information content (AvgIpc) is 2.91. The molecule has 1 aromatic carbocycles. The maximum Gasteiger partial charge on any atom is 0.242 e. The minimum atomic E-state index is -0.335. The first-order valence-corrected chi connectivity index (χ1v) is 14.3.